The van der Waals surface area contributed by atoms with Crippen LogP contribution in [0.15, 0.2) is 15.7 Å². The zero-order valence-electron chi connectivity index (χ0n) is 18.0. The molecule has 1 atom stereocenters. The van der Waals surface area contributed by atoms with Crippen LogP contribution in [0.5, 0.6) is 0 Å². The molecule has 3 aliphatic rings. The summed E-state index contributed by atoms with van der Waals surface area (Å²) in [5, 5.41) is 1.84. The quantitative estimate of drug-likeness (QED) is 0.724. The van der Waals surface area contributed by atoms with Crippen molar-refractivity contribution in [1.82, 2.24) is 14.1 Å². The summed E-state index contributed by atoms with van der Waals surface area (Å²) in [5.41, 5.74) is 0.370. The Bertz CT molecular complexity index is 887. The number of nitrogens with zero attached hydrogens (tertiary/aromatic N) is 3. The van der Waals surface area contributed by atoms with Gasteiger partial charge in [-0.15, -0.1) is 11.3 Å². The maximum Gasteiger partial charge on any atom is 0.252 e. The van der Waals surface area contributed by atoms with E-state index in [4.69, 9.17) is 0 Å². The SMILES string of the molecule is Cc1ccsc1S(=O)(=O)N1CCC2(CC1)CN(CC(C)C)CC21CCN(C)C1=O. The van der Waals surface area contributed by atoms with E-state index in [0.717, 1.165) is 51.0 Å². The van der Waals surface area contributed by atoms with Crippen molar-refractivity contribution in [3.8, 4) is 0 Å². The first-order chi connectivity index (χ1) is 13.6. The number of carbonyl (C=O) groups excluding carboxylic acids is 1. The number of fused-ring (bicyclic) bond motifs is 1. The Kier molecular flexibility index (Phi) is 5.37. The van der Waals surface area contributed by atoms with Crippen molar-refractivity contribution in [2.75, 3.05) is 46.3 Å². The van der Waals surface area contributed by atoms with E-state index >= 15 is 0 Å². The average molecular weight is 440 g/mol. The minimum absolute atomic E-state index is 0.111. The van der Waals surface area contributed by atoms with E-state index in [1.165, 1.54) is 11.3 Å². The molecule has 0 aromatic carbocycles. The first-order valence-corrected chi connectivity index (χ1v) is 13.0. The standard InChI is InChI=1S/C21H33N3O3S2/c1-16(2)13-23-14-20(21(15-23)8-9-22(4)19(21)25)6-10-24(11-7-20)29(26,27)18-17(3)5-12-28-18/h5,12,16H,6-11,13-15H2,1-4H3. The van der Waals surface area contributed by atoms with Gasteiger partial charge in [0.15, 0.2) is 0 Å². The fraction of sp³-hybridized carbons (Fsp3) is 0.762. The van der Waals surface area contributed by atoms with Crippen LogP contribution in [0.4, 0.5) is 0 Å². The van der Waals surface area contributed by atoms with Crippen molar-refractivity contribution >= 4 is 27.3 Å². The van der Waals surface area contributed by atoms with E-state index in [1.807, 2.05) is 30.3 Å². The van der Waals surface area contributed by atoms with Crippen molar-refractivity contribution < 1.29 is 13.2 Å². The Morgan fingerprint density at radius 1 is 1.14 bits per heavy atom. The van der Waals surface area contributed by atoms with Gasteiger partial charge in [-0.05, 0) is 49.1 Å². The van der Waals surface area contributed by atoms with Crippen LogP contribution in [-0.4, -0.2) is 74.7 Å². The van der Waals surface area contributed by atoms with Crippen molar-refractivity contribution in [3.63, 3.8) is 0 Å². The second-order valence-electron chi connectivity index (χ2n) is 9.70. The van der Waals surface area contributed by atoms with Gasteiger partial charge >= 0.3 is 0 Å². The summed E-state index contributed by atoms with van der Waals surface area (Å²) in [5.74, 6) is 0.827. The Hall–Kier alpha value is -0.960. The zero-order valence-corrected chi connectivity index (χ0v) is 19.6. The van der Waals surface area contributed by atoms with Crippen molar-refractivity contribution in [1.29, 1.82) is 0 Å². The van der Waals surface area contributed by atoms with Crippen LogP contribution in [0.25, 0.3) is 0 Å². The van der Waals surface area contributed by atoms with Crippen LogP contribution in [0.3, 0.4) is 0 Å². The Morgan fingerprint density at radius 2 is 1.83 bits per heavy atom. The predicted molar refractivity (Wildman–Crippen MR) is 115 cm³/mol. The van der Waals surface area contributed by atoms with E-state index in [0.29, 0.717) is 23.2 Å². The summed E-state index contributed by atoms with van der Waals surface area (Å²) in [6.45, 7) is 10.9. The number of hydrogen-bond donors (Lipinski definition) is 0. The number of likely N-dealkylation sites (tertiary alicyclic amines) is 2. The number of piperidine rings is 1. The molecule has 8 heteroatoms. The Morgan fingerprint density at radius 3 is 2.34 bits per heavy atom. The van der Waals surface area contributed by atoms with Gasteiger partial charge in [-0.25, -0.2) is 8.42 Å². The maximum absolute atomic E-state index is 13.3. The molecule has 3 saturated heterocycles. The Balaban J connectivity index is 1.59. The molecule has 0 bridgehead atoms. The highest BCUT2D eigenvalue weighted by molar-refractivity contribution is 7.91. The number of amides is 1. The molecule has 3 aliphatic heterocycles. The number of carbonyl (C=O) groups is 1. The largest absolute Gasteiger partial charge is 0.345 e. The third-order valence-electron chi connectivity index (χ3n) is 7.36. The molecular weight excluding hydrogens is 406 g/mol. The fourth-order valence-corrected chi connectivity index (χ4v) is 8.92. The van der Waals surface area contributed by atoms with Crippen LogP contribution >= 0.6 is 11.3 Å². The topological polar surface area (TPSA) is 60.9 Å². The van der Waals surface area contributed by atoms with Gasteiger partial charge in [-0.1, -0.05) is 13.8 Å². The third kappa shape index (κ3) is 3.27. The zero-order chi connectivity index (χ0) is 21.0. The van der Waals surface area contributed by atoms with Gasteiger partial charge in [-0.3, -0.25) is 4.79 Å². The van der Waals surface area contributed by atoms with E-state index in [-0.39, 0.29) is 16.7 Å². The second kappa shape index (κ2) is 7.32. The average Bonchev–Trinajstić information content (AvgIpc) is 3.29. The van der Waals surface area contributed by atoms with Crippen LogP contribution in [0.1, 0.15) is 38.7 Å². The number of rotatable bonds is 4. The van der Waals surface area contributed by atoms with Gasteiger partial charge in [0.2, 0.25) is 5.91 Å². The lowest BCUT2D eigenvalue weighted by Crippen LogP contribution is -2.53. The van der Waals surface area contributed by atoms with Crippen molar-refractivity contribution in [2.24, 2.45) is 16.7 Å². The summed E-state index contributed by atoms with van der Waals surface area (Å²) in [7, 11) is -1.53. The van der Waals surface area contributed by atoms with E-state index in [1.54, 1.807) is 4.31 Å². The molecule has 0 radical (unpaired) electrons. The lowest BCUT2D eigenvalue weighted by Gasteiger charge is -2.46. The number of aryl methyl sites for hydroxylation is 1. The Labute approximate surface area is 178 Å². The molecule has 1 aromatic rings. The van der Waals surface area contributed by atoms with Gasteiger partial charge in [0.25, 0.3) is 10.0 Å². The fourth-order valence-electron chi connectivity index (χ4n) is 5.93. The number of sulfonamides is 1. The van der Waals surface area contributed by atoms with Gasteiger partial charge in [-0.2, -0.15) is 4.31 Å². The monoisotopic (exact) mass is 439 g/mol. The molecule has 29 heavy (non-hydrogen) atoms. The summed E-state index contributed by atoms with van der Waals surface area (Å²) < 4.78 is 28.4. The minimum atomic E-state index is -3.44. The molecule has 3 fully saturated rings. The first kappa shape index (κ1) is 21.3. The van der Waals surface area contributed by atoms with E-state index in [2.05, 4.69) is 18.7 Å². The van der Waals surface area contributed by atoms with Crippen molar-refractivity contribution in [2.45, 2.75) is 44.2 Å². The molecule has 0 N–H and O–H groups in total. The van der Waals surface area contributed by atoms with Gasteiger partial charge in [0.05, 0.1) is 5.41 Å². The molecule has 2 spiro atoms. The number of hydrogen-bond acceptors (Lipinski definition) is 5. The highest BCUT2D eigenvalue weighted by Gasteiger charge is 2.64. The highest BCUT2D eigenvalue weighted by Crippen LogP contribution is 2.58. The van der Waals surface area contributed by atoms with Crippen LogP contribution in [0, 0.1) is 23.7 Å². The molecule has 6 nitrogen and oxygen atoms in total. The van der Waals surface area contributed by atoms with Gasteiger partial charge in [0.1, 0.15) is 4.21 Å². The molecular formula is C21H33N3O3S2. The second-order valence-corrected chi connectivity index (χ2v) is 12.7. The van der Waals surface area contributed by atoms with Gasteiger partial charge in [0, 0.05) is 51.7 Å². The van der Waals surface area contributed by atoms with Gasteiger partial charge < -0.3 is 9.80 Å². The molecule has 0 aliphatic carbocycles. The predicted octanol–water partition coefficient (Wildman–Crippen LogP) is 2.65. The maximum atomic E-state index is 13.3. The van der Waals surface area contributed by atoms with Crippen molar-refractivity contribution in [3.05, 3.63) is 17.0 Å². The normalized spacial score (nSPS) is 28.4. The van der Waals surface area contributed by atoms with Crippen LogP contribution in [0.2, 0.25) is 0 Å². The van der Waals surface area contributed by atoms with Crippen LogP contribution in [-0.2, 0) is 14.8 Å². The lowest BCUT2D eigenvalue weighted by atomic mass is 9.60. The molecule has 0 saturated carbocycles. The molecule has 4 rings (SSSR count). The molecule has 162 valence electrons. The van der Waals surface area contributed by atoms with E-state index < -0.39 is 10.0 Å². The van der Waals surface area contributed by atoms with Crippen LogP contribution < -0.4 is 0 Å². The summed E-state index contributed by atoms with van der Waals surface area (Å²) in [4.78, 5) is 17.7. The summed E-state index contributed by atoms with van der Waals surface area (Å²) in [6, 6.07) is 1.87. The van der Waals surface area contributed by atoms with E-state index in [9.17, 15) is 13.2 Å². The summed E-state index contributed by atoms with van der Waals surface area (Å²) >= 11 is 1.30. The first-order valence-electron chi connectivity index (χ1n) is 10.6. The summed E-state index contributed by atoms with van der Waals surface area (Å²) in [6.07, 6.45) is 2.43. The minimum Gasteiger partial charge on any atom is -0.345 e. The number of thiophene rings is 1. The molecule has 1 amide bonds. The highest BCUT2D eigenvalue weighted by atomic mass is 32.2. The smallest absolute Gasteiger partial charge is 0.252 e. The third-order valence-corrected chi connectivity index (χ3v) is 10.9. The molecule has 1 unspecified atom stereocenters. The molecule has 4 heterocycles. The lowest BCUT2D eigenvalue weighted by molar-refractivity contribution is -0.140. The molecule has 1 aromatic heterocycles.